The van der Waals surface area contributed by atoms with Crippen molar-refractivity contribution in [3.8, 4) is 11.5 Å². The summed E-state index contributed by atoms with van der Waals surface area (Å²) in [6, 6.07) is 9.73. The largest absolute Gasteiger partial charge is 0.493 e. The number of ether oxygens (including phenoxy) is 2. The van der Waals surface area contributed by atoms with E-state index in [1.807, 2.05) is 44.2 Å². The van der Waals surface area contributed by atoms with Gasteiger partial charge in [0.1, 0.15) is 4.99 Å². The SMILES string of the molecule is COc1cc(C(=S)N2CCCCC2)cc(I)c1OCC(=O)Nc1cccc(C)c1C. The zero-order valence-corrected chi connectivity index (χ0v) is 20.6. The Labute approximate surface area is 197 Å². The van der Waals surface area contributed by atoms with Crippen molar-refractivity contribution in [2.75, 3.05) is 32.1 Å². The minimum Gasteiger partial charge on any atom is -0.493 e. The van der Waals surface area contributed by atoms with Crippen LogP contribution in [0, 0.1) is 17.4 Å². The van der Waals surface area contributed by atoms with Gasteiger partial charge in [0.15, 0.2) is 18.1 Å². The number of amides is 1. The smallest absolute Gasteiger partial charge is 0.262 e. The monoisotopic (exact) mass is 538 g/mol. The van der Waals surface area contributed by atoms with Crippen molar-refractivity contribution in [2.45, 2.75) is 33.1 Å². The number of thiocarbonyl (C=S) groups is 1. The fourth-order valence-corrected chi connectivity index (χ4v) is 4.53. The predicted octanol–water partition coefficient (Wildman–Crippen LogP) is 5.10. The van der Waals surface area contributed by atoms with Gasteiger partial charge < -0.3 is 19.7 Å². The Balaban J connectivity index is 1.70. The Morgan fingerprint density at radius 3 is 2.63 bits per heavy atom. The average molecular weight is 538 g/mol. The fraction of sp³-hybridized carbons (Fsp3) is 0.391. The van der Waals surface area contributed by atoms with Gasteiger partial charge in [-0.15, -0.1) is 0 Å². The average Bonchev–Trinajstić information content (AvgIpc) is 2.75. The third-order valence-corrected chi connectivity index (χ3v) is 6.64. The molecule has 0 saturated carbocycles. The van der Waals surface area contributed by atoms with Crippen LogP contribution in [-0.2, 0) is 4.79 Å². The second kappa shape index (κ2) is 10.4. The molecule has 0 unspecified atom stereocenters. The first-order valence-electron chi connectivity index (χ1n) is 10.1. The molecular weight excluding hydrogens is 511 g/mol. The summed E-state index contributed by atoms with van der Waals surface area (Å²) in [5, 5.41) is 2.92. The second-order valence-electron chi connectivity index (χ2n) is 7.43. The topological polar surface area (TPSA) is 50.8 Å². The first-order chi connectivity index (χ1) is 14.4. The molecule has 2 aromatic carbocycles. The summed E-state index contributed by atoms with van der Waals surface area (Å²) < 4.78 is 12.3. The van der Waals surface area contributed by atoms with E-state index in [4.69, 9.17) is 21.7 Å². The normalized spacial score (nSPS) is 13.7. The number of methoxy groups -OCH3 is 1. The Morgan fingerprint density at radius 1 is 1.20 bits per heavy atom. The maximum Gasteiger partial charge on any atom is 0.262 e. The predicted molar refractivity (Wildman–Crippen MR) is 133 cm³/mol. The van der Waals surface area contributed by atoms with E-state index in [0.29, 0.717) is 11.5 Å². The van der Waals surface area contributed by atoms with E-state index in [2.05, 4.69) is 32.8 Å². The molecular formula is C23H27IN2O3S. The summed E-state index contributed by atoms with van der Waals surface area (Å²) >= 11 is 7.92. The van der Waals surface area contributed by atoms with E-state index in [1.165, 1.54) is 19.3 Å². The molecule has 0 bridgehead atoms. The van der Waals surface area contributed by atoms with Crippen LogP contribution in [0.2, 0.25) is 0 Å². The quantitative estimate of drug-likeness (QED) is 0.410. The van der Waals surface area contributed by atoms with E-state index in [9.17, 15) is 4.79 Å². The van der Waals surface area contributed by atoms with Gasteiger partial charge in [-0.3, -0.25) is 4.79 Å². The summed E-state index contributed by atoms with van der Waals surface area (Å²) in [4.78, 5) is 15.5. The number of anilines is 1. The number of carbonyl (C=O) groups is 1. The molecule has 7 heteroatoms. The molecule has 1 fully saturated rings. The van der Waals surface area contributed by atoms with Crippen molar-refractivity contribution >= 4 is 51.4 Å². The molecule has 2 aromatic rings. The van der Waals surface area contributed by atoms with Crippen LogP contribution in [0.1, 0.15) is 36.0 Å². The minimum absolute atomic E-state index is 0.102. The van der Waals surface area contributed by atoms with Crippen molar-refractivity contribution in [1.82, 2.24) is 4.90 Å². The minimum atomic E-state index is -0.213. The van der Waals surface area contributed by atoms with E-state index in [1.54, 1.807) is 7.11 Å². The van der Waals surface area contributed by atoms with E-state index < -0.39 is 0 Å². The Kier molecular flexibility index (Phi) is 7.93. The van der Waals surface area contributed by atoms with Gasteiger partial charge in [-0.2, -0.15) is 0 Å². The summed E-state index contributed by atoms with van der Waals surface area (Å²) in [6.07, 6.45) is 3.60. The highest BCUT2D eigenvalue weighted by molar-refractivity contribution is 14.1. The van der Waals surface area contributed by atoms with Crippen LogP contribution in [0.4, 0.5) is 5.69 Å². The standard InChI is InChI=1S/C23H27IN2O3S/c1-15-8-7-9-19(16(15)2)25-21(27)14-29-22-18(24)12-17(13-20(22)28-3)23(30)26-10-5-4-6-11-26/h7-9,12-13H,4-6,10-11,14H2,1-3H3,(H,25,27). The lowest BCUT2D eigenvalue weighted by Gasteiger charge is -2.29. The Morgan fingerprint density at radius 2 is 1.93 bits per heavy atom. The maximum absolute atomic E-state index is 12.4. The van der Waals surface area contributed by atoms with Gasteiger partial charge in [0.25, 0.3) is 5.91 Å². The summed E-state index contributed by atoms with van der Waals surface area (Å²) in [6.45, 7) is 5.89. The third kappa shape index (κ3) is 5.43. The molecule has 0 radical (unpaired) electrons. The number of likely N-dealkylation sites (tertiary alicyclic amines) is 1. The molecule has 1 saturated heterocycles. The lowest BCUT2D eigenvalue weighted by molar-refractivity contribution is -0.118. The van der Waals surface area contributed by atoms with Crippen LogP contribution in [0.25, 0.3) is 0 Å². The maximum atomic E-state index is 12.4. The number of hydrogen-bond acceptors (Lipinski definition) is 4. The number of piperidine rings is 1. The van der Waals surface area contributed by atoms with Gasteiger partial charge in [0, 0.05) is 24.3 Å². The van der Waals surface area contributed by atoms with E-state index in [0.717, 1.165) is 44.0 Å². The molecule has 0 atom stereocenters. The molecule has 0 aliphatic carbocycles. The Bertz CT molecular complexity index is 942. The number of rotatable bonds is 6. The van der Waals surface area contributed by atoms with Crippen LogP contribution in [0.5, 0.6) is 11.5 Å². The Hall–Kier alpha value is -1.87. The number of carbonyl (C=O) groups excluding carboxylic acids is 1. The van der Waals surface area contributed by atoms with E-state index >= 15 is 0 Å². The van der Waals surface area contributed by atoms with Crippen molar-refractivity contribution in [1.29, 1.82) is 0 Å². The lowest BCUT2D eigenvalue weighted by Crippen LogP contribution is -2.35. The van der Waals surface area contributed by atoms with Crippen molar-refractivity contribution in [2.24, 2.45) is 0 Å². The van der Waals surface area contributed by atoms with Crippen molar-refractivity contribution in [3.05, 3.63) is 50.6 Å². The molecule has 1 N–H and O–H groups in total. The highest BCUT2D eigenvalue weighted by Crippen LogP contribution is 2.35. The zero-order chi connectivity index (χ0) is 21.7. The van der Waals surface area contributed by atoms with Crippen LogP contribution >= 0.6 is 34.8 Å². The van der Waals surface area contributed by atoms with Gasteiger partial charge in [-0.05, 0) is 85.0 Å². The molecule has 1 amide bonds. The molecule has 5 nitrogen and oxygen atoms in total. The third-order valence-electron chi connectivity index (χ3n) is 5.35. The van der Waals surface area contributed by atoms with Crippen molar-refractivity contribution < 1.29 is 14.3 Å². The molecule has 3 rings (SSSR count). The fourth-order valence-electron chi connectivity index (χ4n) is 3.47. The van der Waals surface area contributed by atoms with Crippen LogP contribution in [0.3, 0.4) is 0 Å². The van der Waals surface area contributed by atoms with Crippen LogP contribution < -0.4 is 14.8 Å². The van der Waals surface area contributed by atoms with Gasteiger partial charge in [0.2, 0.25) is 0 Å². The number of halogens is 1. The molecule has 1 heterocycles. The summed E-state index contributed by atoms with van der Waals surface area (Å²) in [5.74, 6) is 0.921. The number of hydrogen-bond donors (Lipinski definition) is 1. The lowest BCUT2D eigenvalue weighted by atomic mass is 10.1. The van der Waals surface area contributed by atoms with Gasteiger partial charge in [-0.1, -0.05) is 24.4 Å². The molecule has 160 valence electrons. The highest BCUT2D eigenvalue weighted by atomic mass is 127. The molecule has 0 spiro atoms. The number of nitrogens with one attached hydrogen (secondary N) is 1. The molecule has 1 aliphatic heterocycles. The molecule has 30 heavy (non-hydrogen) atoms. The second-order valence-corrected chi connectivity index (χ2v) is 8.98. The first-order valence-corrected chi connectivity index (χ1v) is 11.5. The van der Waals surface area contributed by atoms with Gasteiger partial charge >= 0.3 is 0 Å². The molecule has 0 aromatic heterocycles. The highest BCUT2D eigenvalue weighted by Gasteiger charge is 2.19. The summed E-state index contributed by atoms with van der Waals surface area (Å²) in [5.41, 5.74) is 3.92. The van der Waals surface area contributed by atoms with Gasteiger partial charge in [-0.25, -0.2) is 0 Å². The summed E-state index contributed by atoms with van der Waals surface area (Å²) in [7, 11) is 1.60. The van der Waals surface area contributed by atoms with Crippen molar-refractivity contribution in [3.63, 3.8) is 0 Å². The van der Waals surface area contributed by atoms with E-state index in [-0.39, 0.29) is 12.5 Å². The first kappa shape index (κ1) is 22.8. The zero-order valence-electron chi connectivity index (χ0n) is 17.6. The van der Waals surface area contributed by atoms with Gasteiger partial charge in [0.05, 0.1) is 10.7 Å². The molecule has 1 aliphatic rings. The van der Waals surface area contributed by atoms with Crippen LogP contribution in [-0.4, -0.2) is 42.6 Å². The number of benzene rings is 2. The number of aryl methyl sites for hydroxylation is 1. The van der Waals surface area contributed by atoms with Crippen LogP contribution in [0.15, 0.2) is 30.3 Å². The number of nitrogens with zero attached hydrogens (tertiary/aromatic N) is 1.